The molecule has 2 aromatic rings. The van der Waals surface area contributed by atoms with Gasteiger partial charge in [0.2, 0.25) is 0 Å². The van der Waals surface area contributed by atoms with Gasteiger partial charge in [-0.3, -0.25) is 4.79 Å². The molecule has 0 N–H and O–H groups in total. The van der Waals surface area contributed by atoms with Crippen molar-refractivity contribution in [2.75, 3.05) is 0 Å². The third-order valence-electron chi connectivity index (χ3n) is 3.60. The van der Waals surface area contributed by atoms with E-state index >= 15 is 0 Å². The molecule has 0 amide bonds. The number of hydrogen-bond acceptors (Lipinski definition) is 1. The number of rotatable bonds is 2. The Labute approximate surface area is 119 Å². The molecule has 0 aliphatic heterocycles. The molecule has 0 radical (unpaired) electrons. The van der Waals surface area contributed by atoms with Crippen molar-refractivity contribution in [2.45, 2.75) is 34.6 Å². The first-order chi connectivity index (χ1) is 9.31. The molecule has 0 saturated heterocycles. The van der Waals surface area contributed by atoms with Crippen LogP contribution in [0.1, 0.15) is 43.7 Å². The fourth-order valence-corrected chi connectivity index (χ4v) is 2.76. The van der Waals surface area contributed by atoms with Crippen LogP contribution in [0, 0.1) is 40.4 Å². The third kappa shape index (κ3) is 2.51. The molecule has 0 aromatic heterocycles. The van der Waals surface area contributed by atoms with Crippen LogP contribution in [0.4, 0.5) is 4.39 Å². The average Bonchev–Trinajstić information content (AvgIpc) is 2.33. The molecular weight excluding hydrogens is 251 g/mol. The normalized spacial score (nSPS) is 10.7. The van der Waals surface area contributed by atoms with Crippen LogP contribution in [-0.2, 0) is 0 Å². The van der Waals surface area contributed by atoms with Crippen LogP contribution in [0.5, 0.6) is 0 Å². The Morgan fingerprint density at radius 2 is 1.25 bits per heavy atom. The molecule has 104 valence electrons. The SMILES string of the molecule is Cc1cc(C)c(C(=O)c2cc(C)c(F)c(C)c2)c(C)c1. The van der Waals surface area contributed by atoms with Crippen molar-refractivity contribution in [3.63, 3.8) is 0 Å². The minimum atomic E-state index is -0.237. The number of benzene rings is 2. The number of halogens is 1. The van der Waals surface area contributed by atoms with Crippen molar-refractivity contribution in [1.82, 2.24) is 0 Å². The highest BCUT2D eigenvalue weighted by Crippen LogP contribution is 2.22. The Kier molecular flexibility index (Phi) is 3.76. The van der Waals surface area contributed by atoms with Crippen LogP contribution < -0.4 is 0 Å². The zero-order valence-electron chi connectivity index (χ0n) is 12.6. The predicted octanol–water partition coefficient (Wildman–Crippen LogP) is 4.60. The van der Waals surface area contributed by atoms with E-state index in [0.717, 1.165) is 22.3 Å². The molecule has 0 fully saturated rings. The van der Waals surface area contributed by atoms with Crippen molar-refractivity contribution >= 4 is 5.78 Å². The summed E-state index contributed by atoms with van der Waals surface area (Å²) in [6.07, 6.45) is 0. The van der Waals surface area contributed by atoms with Crippen LogP contribution in [0.15, 0.2) is 24.3 Å². The second kappa shape index (κ2) is 5.20. The van der Waals surface area contributed by atoms with Crippen LogP contribution >= 0.6 is 0 Å². The van der Waals surface area contributed by atoms with Gasteiger partial charge in [-0.1, -0.05) is 17.7 Å². The van der Waals surface area contributed by atoms with Gasteiger partial charge in [0.25, 0.3) is 0 Å². The van der Waals surface area contributed by atoms with Crippen molar-refractivity contribution in [3.8, 4) is 0 Å². The van der Waals surface area contributed by atoms with Crippen LogP contribution in [-0.4, -0.2) is 5.78 Å². The van der Waals surface area contributed by atoms with E-state index in [2.05, 4.69) is 0 Å². The summed E-state index contributed by atoms with van der Waals surface area (Å²) in [4.78, 5) is 12.7. The Morgan fingerprint density at radius 1 is 0.800 bits per heavy atom. The van der Waals surface area contributed by atoms with E-state index in [-0.39, 0.29) is 11.6 Å². The lowest BCUT2D eigenvalue weighted by Crippen LogP contribution is -2.08. The molecule has 0 saturated carbocycles. The Balaban J connectivity index is 2.58. The molecule has 0 aliphatic rings. The van der Waals surface area contributed by atoms with E-state index in [4.69, 9.17) is 0 Å². The van der Waals surface area contributed by atoms with E-state index < -0.39 is 0 Å². The maximum atomic E-state index is 13.7. The van der Waals surface area contributed by atoms with Gasteiger partial charge >= 0.3 is 0 Å². The molecule has 0 spiro atoms. The minimum Gasteiger partial charge on any atom is -0.289 e. The van der Waals surface area contributed by atoms with Gasteiger partial charge in [-0.25, -0.2) is 4.39 Å². The van der Waals surface area contributed by atoms with Gasteiger partial charge in [0, 0.05) is 11.1 Å². The molecule has 2 heteroatoms. The third-order valence-corrected chi connectivity index (χ3v) is 3.60. The maximum absolute atomic E-state index is 13.7. The highest BCUT2D eigenvalue weighted by atomic mass is 19.1. The molecule has 0 bridgehead atoms. The second-order valence-corrected chi connectivity index (χ2v) is 5.53. The first kappa shape index (κ1) is 14.4. The zero-order chi connectivity index (χ0) is 15.0. The highest BCUT2D eigenvalue weighted by Gasteiger charge is 2.17. The van der Waals surface area contributed by atoms with Crippen molar-refractivity contribution in [2.24, 2.45) is 0 Å². The average molecular weight is 270 g/mol. The van der Waals surface area contributed by atoms with E-state index in [1.165, 1.54) is 0 Å². The predicted molar refractivity (Wildman–Crippen MR) is 80.0 cm³/mol. The Hall–Kier alpha value is -1.96. The summed E-state index contributed by atoms with van der Waals surface area (Å²) >= 11 is 0. The van der Waals surface area contributed by atoms with E-state index in [9.17, 15) is 9.18 Å². The summed E-state index contributed by atoms with van der Waals surface area (Å²) in [6.45, 7) is 9.27. The van der Waals surface area contributed by atoms with Crippen LogP contribution in [0.25, 0.3) is 0 Å². The van der Waals surface area contributed by atoms with Gasteiger partial charge in [0.05, 0.1) is 0 Å². The maximum Gasteiger partial charge on any atom is 0.193 e. The van der Waals surface area contributed by atoms with Gasteiger partial charge in [0.1, 0.15) is 5.82 Å². The summed E-state index contributed by atoms with van der Waals surface area (Å²) in [7, 11) is 0. The summed E-state index contributed by atoms with van der Waals surface area (Å²) in [5.41, 5.74) is 5.37. The van der Waals surface area contributed by atoms with Crippen LogP contribution in [0.2, 0.25) is 0 Å². The molecule has 2 rings (SSSR count). The molecule has 1 nitrogen and oxygen atoms in total. The molecular formula is C18H19FO. The lowest BCUT2D eigenvalue weighted by molar-refractivity contribution is 0.103. The monoisotopic (exact) mass is 270 g/mol. The Bertz CT molecular complexity index is 653. The minimum absolute atomic E-state index is 0.0359. The number of aryl methyl sites for hydroxylation is 5. The second-order valence-electron chi connectivity index (χ2n) is 5.53. The van der Waals surface area contributed by atoms with E-state index in [1.807, 2.05) is 32.9 Å². The van der Waals surface area contributed by atoms with Gasteiger partial charge in [-0.05, 0) is 69.0 Å². The number of carbonyl (C=O) groups excluding carboxylic acids is 1. The summed E-state index contributed by atoms with van der Waals surface area (Å²) in [5, 5.41) is 0. The van der Waals surface area contributed by atoms with Gasteiger partial charge in [0.15, 0.2) is 5.78 Å². The fourth-order valence-electron chi connectivity index (χ4n) is 2.76. The van der Waals surface area contributed by atoms with E-state index in [0.29, 0.717) is 16.7 Å². The lowest BCUT2D eigenvalue weighted by atomic mass is 9.92. The smallest absolute Gasteiger partial charge is 0.193 e. The molecule has 0 heterocycles. The fraction of sp³-hybridized carbons (Fsp3) is 0.278. The molecule has 2 aromatic carbocycles. The molecule has 0 unspecified atom stereocenters. The number of ketones is 1. The first-order valence-electron chi connectivity index (χ1n) is 6.70. The quantitative estimate of drug-likeness (QED) is 0.729. The van der Waals surface area contributed by atoms with Gasteiger partial charge in [-0.15, -0.1) is 0 Å². The standard InChI is InChI=1S/C18H19FO/c1-10-6-11(2)16(12(3)7-10)18(20)15-8-13(4)17(19)14(5)9-15/h6-9H,1-5H3. The molecule has 20 heavy (non-hydrogen) atoms. The summed E-state index contributed by atoms with van der Waals surface area (Å²) < 4.78 is 13.7. The number of carbonyl (C=O) groups is 1. The van der Waals surface area contributed by atoms with Crippen molar-refractivity contribution in [3.05, 3.63) is 69.0 Å². The zero-order valence-corrected chi connectivity index (χ0v) is 12.6. The first-order valence-corrected chi connectivity index (χ1v) is 6.70. The number of hydrogen-bond donors (Lipinski definition) is 0. The topological polar surface area (TPSA) is 17.1 Å². The van der Waals surface area contributed by atoms with Crippen molar-refractivity contribution in [1.29, 1.82) is 0 Å². The molecule has 0 aliphatic carbocycles. The largest absolute Gasteiger partial charge is 0.289 e. The van der Waals surface area contributed by atoms with Crippen LogP contribution in [0.3, 0.4) is 0 Å². The highest BCUT2D eigenvalue weighted by molar-refractivity contribution is 6.11. The van der Waals surface area contributed by atoms with Gasteiger partial charge < -0.3 is 0 Å². The lowest BCUT2D eigenvalue weighted by Gasteiger charge is -2.12. The summed E-state index contributed by atoms with van der Waals surface area (Å²) in [6, 6.07) is 7.26. The Morgan fingerprint density at radius 3 is 1.70 bits per heavy atom. The molecule has 0 atom stereocenters. The summed E-state index contributed by atoms with van der Waals surface area (Å²) in [5.74, 6) is -0.273. The van der Waals surface area contributed by atoms with E-state index in [1.54, 1.807) is 26.0 Å². The van der Waals surface area contributed by atoms with Crippen molar-refractivity contribution < 1.29 is 9.18 Å². The van der Waals surface area contributed by atoms with Gasteiger partial charge in [-0.2, -0.15) is 0 Å².